The van der Waals surface area contributed by atoms with Crippen LogP contribution in [0.3, 0.4) is 0 Å². The molecule has 18 heavy (non-hydrogen) atoms. The third-order valence-electron chi connectivity index (χ3n) is 3.21. The van der Waals surface area contributed by atoms with Gasteiger partial charge in [-0.15, -0.1) is 0 Å². The van der Waals surface area contributed by atoms with Crippen LogP contribution in [0, 0.1) is 6.92 Å². The van der Waals surface area contributed by atoms with Crippen molar-refractivity contribution in [1.82, 2.24) is 9.38 Å². The highest BCUT2D eigenvalue weighted by Crippen LogP contribution is 2.13. The summed E-state index contributed by atoms with van der Waals surface area (Å²) in [5, 5.41) is 0. The van der Waals surface area contributed by atoms with Gasteiger partial charge in [-0.25, -0.2) is 0 Å². The lowest BCUT2D eigenvalue weighted by Gasteiger charge is -2.02. The number of pyridine rings is 1. The topological polar surface area (TPSA) is 37.3 Å². The predicted octanol–water partition coefficient (Wildman–Crippen LogP) is 2.53. The second-order valence-electron chi connectivity index (χ2n) is 4.50. The molecule has 0 saturated heterocycles. The van der Waals surface area contributed by atoms with Gasteiger partial charge in [-0.1, -0.05) is 30.3 Å². The summed E-state index contributed by atoms with van der Waals surface area (Å²) in [6, 6.07) is 13.5. The molecule has 3 heteroatoms. The molecular formula is C15H14N2O. The van der Waals surface area contributed by atoms with Gasteiger partial charge >= 0.3 is 0 Å². The summed E-state index contributed by atoms with van der Waals surface area (Å²) in [5.41, 5.74) is 4.43. The maximum Gasteiger partial charge on any atom is 0.256 e. The van der Waals surface area contributed by atoms with Crippen LogP contribution in [0.15, 0.2) is 53.5 Å². The minimum Gasteiger partial charge on any atom is -0.343 e. The Morgan fingerprint density at radius 3 is 2.72 bits per heavy atom. The molecule has 0 bridgehead atoms. The van der Waals surface area contributed by atoms with Crippen molar-refractivity contribution >= 4 is 5.65 Å². The monoisotopic (exact) mass is 238 g/mol. The molecule has 0 spiro atoms. The fraction of sp³-hybridized carbons (Fsp3) is 0.133. The Balaban J connectivity index is 2.04. The molecule has 0 radical (unpaired) electrons. The van der Waals surface area contributed by atoms with Gasteiger partial charge in [0.25, 0.3) is 5.56 Å². The highest BCUT2D eigenvalue weighted by Gasteiger charge is 2.04. The van der Waals surface area contributed by atoms with Gasteiger partial charge < -0.3 is 4.98 Å². The first-order valence-corrected chi connectivity index (χ1v) is 5.98. The van der Waals surface area contributed by atoms with Gasteiger partial charge in [0.2, 0.25) is 0 Å². The molecule has 2 aromatic heterocycles. The van der Waals surface area contributed by atoms with Gasteiger partial charge in [0, 0.05) is 24.4 Å². The summed E-state index contributed by atoms with van der Waals surface area (Å²) < 4.78 is 1.65. The van der Waals surface area contributed by atoms with Crippen LogP contribution in [-0.2, 0) is 6.42 Å². The molecule has 0 aliphatic heterocycles. The largest absolute Gasteiger partial charge is 0.343 e. The molecule has 1 N–H and O–H groups in total. The van der Waals surface area contributed by atoms with E-state index in [0.29, 0.717) is 0 Å². The molecule has 0 aliphatic carbocycles. The van der Waals surface area contributed by atoms with E-state index >= 15 is 0 Å². The van der Waals surface area contributed by atoms with Gasteiger partial charge in [0.15, 0.2) is 0 Å². The summed E-state index contributed by atoms with van der Waals surface area (Å²) in [6.07, 6.45) is 2.69. The molecule has 0 unspecified atom stereocenters. The zero-order valence-electron chi connectivity index (χ0n) is 10.2. The van der Waals surface area contributed by atoms with Crippen LogP contribution in [0.4, 0.5) is 0 Å². The average Bonchev–Trinajstić information content (AvgIpc) is 2.76. The normalized spacial score (nSPS) is 10.9. The fourth-order valence-electron chi connectivity index (χ4n) is 2.19. The number of aromatic amines is 1. The first-order valence-electron chi connectivity index (χ1n) is 5.98. The number of aromatic nitrogens is 2. The molecular weight excluding hydrogens is 224 g/mol. The molecule has 0 aliphatic rings. The van der Waals surface area contributed by atoms with Crippen molar-refractivity contribution in [2.45, 2.75) is 13.3 Å². The molecule has 3 rings (SSSR count). The van der Waals surface area contributed by atoms with Gasteiger partial charge in [-0.2, -0.15) is 0 Å². The van der Waals surface area contributed by atoms with Crippen molar-refractivity contribution in [2.75, 3.05) is 0 Å². The lowest BCUT2D eigenvalue weighted by molar-refractivity contribution is 1.08. The van der Waals surface area contributed by atoms with Gasteiger partial charge in [-0.3, -0.25) is 9.20 Å². The van der Waals surface area contributed by atoms with Crippen LogP contribution >= 0.6 is 0 Å². The zero-order chi connectivity index (χ0) is 12.5. The predicted molar refractivity (Wildman–Crippen MR) is 72.0 cm³/mol. The molecule has 1 aromatic carbocycles. The number of benzene rings is 1. The lowest BCUT2D eigenvalue weighted by atomic mass is 10.0. The molecule has 0 atom stereocenters. The van der Waals surface area contributed by atoms with E-state index in [-0.39, 0.29) is 5.56 Å². The Hall–Kier alpha value is -2.29. The number of hydrogen-bond acceptors (Lipinski definition) is 1. The Bertz CT molecular complexity index is 752. The Morgan fingerprint density at radius 1 is 1.11 bits per heavy atom. The van der Waals surface area contributed by atoms with Crippen LogP contribution in [0.1, 0.15) is 16.8 Å². The van der Waals surface area contributed by atoms with Crippen LogP contribution in [0.25, 0.3) is 5.65 Å². The van der Waals surface area contributed by atoms with Crippen molar-refractivity contribution in [3.05, 3.63) is 75.8 Å². The van der Waals surface area contributed by atoms with Crippen LogP contribution in [-0.4, -0.2) is 9.38 Å². The minimum atomic E-state index is -0.000200. The molecule has 0 amide bonds. The SMILES string of the molecule is Cc1ccccc1Cc1cn2c(=O)cccc2[nH]1. The number of imidazole rings is 1. The Labute approximate surface area is 105 Å². The van der Waals surface area contributed by atoms with E-state index in [0.717, 1.165) is 17.8 Å². The summed E-state index contributed by atoms with van der Waals surface area (Å²) in [6.45, 7) is 2.10. The van der Waals surface area contributed by atoms with E-state index in [9.17, 15) is 4.79 Å². The third kappa shape index (κ3) is 1.84. The molecule has 0 saturated carbocycles. The second kappa shape index (κ2) is 4.18. The highest BCUT2D eigenvalue weighted by molar-refractivity contribution is 5.41. The Morgan fingerprint density at radius 2 is 1.94 bits per heavy atom. The number of nitrogens with one attached hydrogen (secondary N) is 1. The molecule has 2 heterocycles. The van der Waals surface area contributed by atoms with Crippen molar-refractivity contribution in [1.29, 1.82) is 0 Å². The van der Waals surface area contributed by atoms with E-state index < -0.39 is 0 Å². The number of hydrogen-bond donors (Lipinski definition) is 1. The van der Waals surface area contributed by atoms with Gasteiger partial charge in [0.05, 0.1) is 0 Å². The van der Waals surface area contributed by atoms with Crippen LogP contribution in [0.2, 0.25) is 0 Å². The summed E-state index contributed by atoms with van der Waals surface area (Å²) >= 11 is 0. The standard InChI is InChI=1S/C15H14N2O/c1-11-5-2-3-6-12(11)9-13-10-17-14(16-13)7-4-8-15(17)18/h2-8,10,16H,9H2,1H3. The Kier molecular flexibility index (Phi) is 2.52. The minimum absolute atomic E-state index is 0.000200. The van der Waals surface area contributed by atoms with Crippen LogP contribution < -0.4 is 5.56 Å². The summed E-state index contributed by atoms with van der Waals surface area (Å²) in [7, 11) is 0. The second-order valence-corrected chi connectivity index (χ2v) is 4.50. The van der Waals surface area contributed by atoms with Crippen molar-refractivity contribution in [3.63, 3.8) is 0 Å². The van der Waals surface area contributed by atoms with Crippen LogP contribution in [0.5, 0.6) is 0 Å². The lowest BCUT2D eigenvalue weighted by Crippen LogP contribution is -2.08. The van der Waals surface area contributed by atoms with Crippen molar-refractivity contribution in [3.8, 4) is 0 Å². The fourth-order valence-corrected chi connectivity index (χ4v) is 2.19. The van der Waals surface area contributed by atoms with E-state index in [1.807, 2.05) is 24.4 Å². The summed E-state index contributed by atoms with van der Waals surface area (Å²) in [5.74, 6) is 0. The number of H-pyrrole nitrogens is 1. The third-order valence-corrected chi connectivity index (χ3v) is 3.21. The summed E-state index contributed by atoms with van der Waals surface area (Å²) in [4.78, 5) is 14.9. The van der Waals surface area contributed by atoms with E-state index in [1.165, 1.54) is 11.1 Å². The number of fused-ring (bicyclic) bond motifs is 1. The van der Waals surface area contributed by atoms with E-state index in [1.54, 1.807) is 16.5 Å². The quantitative estimate of drug-likeness (QED) is 0.732. The number of aryl methyl sites for hydroxylation is 1. The number of nitrogens with zero attached hydrogens (tertiary/aromatic N) is 1. The van der Waals surface area contributed by atoms with E-state index in [2.05, 4.69) is 24.0 Å². The maximum absolute atomic E-state index is 11.7. The molecule has 90 valence electrons. The van der Waals surface area contributed by atoms with Crippen molar-refractivity contribution < 1.29 is 0 Å². The first kappa shape index (κ1) is 10.8. The first-order chi connectivity index (χ1) is 8.74. The highest BCUT2D eigenvalue weighted by atomic mass is 16.1. The average molecular weight is 238 g/mol. The molecule has 3 aromatic rings. The smallest absolute Gasteiger partial charge is 0.256 e. The van der Waals surface area contributed by atoms with Crippen molar-refractivity contribution in [2.24, 2.45) is 0 Å². The van der Waals surface area contributed by atoms with E-state index in [4.69, 9.17) is 0 Å². The zero-order valence-corrected chi connectivity index (χ0v) is 10.2. The molecule has 0 fully saturated rings. The number of rotatable bonds is 2. The maximum atomic E-state index is 11.7. The van der Waals surface area contributed by atoms with Gasteiger partial charge in [-0.05, 0) is 24.1 Å². The molecule has 3 nitrogen and oxygen atoms in total. The van der Waals surface area contributed by atoms with Gasteiger partial charge in [0.1, 0.15) is 5.65 Å².